The summed E-state index contributed by atoms with van der Waals surface area (Å²) in [5.74, 6) is 0.151. The molecule has 1 spiro atoms. The number of likely N-dealkylation sites (tertiary alicyclic amines) is 1. The SMILES string of the molecule is CC(C)S(=O)(=O)N1CCCC2(CCC(=O)N(Cc3cccnc3)C2)C1. The summed E-state index contributed by atoms with van der Waals surface area (Å²) in [5, 5.41) is -0.403. The van der Waals surface area contributed by atoms with Crippen molar-refractivity contribution in [1.82, 2.24) is 14.2 Å². The molecular weight excluding hydrogens is 338 g/mol. The van der Waals surface area contributed by atoms with Crippen LogP contribution in [0.15, 0.2) is 24.5 Å². The van der Waals surface area contributed by atoms with Crippen molar-refractivity contribution < 1.29 is 13.2 Å². The Morgan fingerprint density at radius 3 is 2.76 bits per heavy atom. The standard InChI is InChI=1S/C18H27N3O3S/c1-15(2)25(23,24)21-10-4-7-18(14-21)8-6-17(22)20(13-18)12-16-5-3-9-19-11-16/h3,5,9,11,15H,4,6-8,10,12-14H2,1-2H3. The van der Waals surface area contributed by atoms with Gasteiger partial charge >= 0.3 is 0 Å². The minimum atomic E-state index is -3.25. The zero-order chi connectivity index (χ0) is 18.1. The summed E-state index contributed by atoms with van der Waals surface area (Å²) < 4.78 is 26.8. The van der Waals surface area contributed by atoms with Crippen molar-refractivity contribution in [2.75, 3.05) is 19.6 Å². The fourth-order valence-electron chi connectivity index (χ4n) is 3.97. The van der Waals surface area contributed by atoms with Gasteiger partial charge in [0.1, 0.15) is 0 Å². The summed E-state index contributed by atoms with van der Waals surface area (Å²) in [4.78, 5) is 18.4. The molecule has 1 aromatic rings. The normalized spacial score (nSPS) is 25.7. The van der Waals surface area contributed by atoms with Gasteiger partial charge in [-0.15, -0.1) is 0 Å². The van der Waals surface area contributed by atoms with E-state index in [2.05, 4.69) is 4.98 Å². The van der Waals surface area contributed by atoms with Gasteiger partial charge in [0.15, 0.2) is 0 Å². The van der Waals surface area contributed by atoms with Crippen molar-refractivity contribution in [2.45, 2.75) is 51.3 Å². The van der Waals surface area contributed by atoms with Crippen LogP contribution in [0.5, 0.6) is 0 Å². The van der Waals surface area contributed by atoms with Gasteiger partial charge in [0.05, 0.1) is 5.25 Å². The van der Waals surface area contributed by atoms with Crippen LogP contribution in [0.2, 0.25) is 0 Å². The lowest BCUT2D eigenvalue weighted by molar-refractivity contribution is -0.139. The molecule has 0 aliphatic carbocycles. The number of rotatable bonds is 4. The lowest BCUT2D eigenvalue weighted by atomic mass is 9.74. The molecule has 7 heteroatoms. The van der Waals surface area contributed by atoms with Crippen LogP contribution in [0.25, 0.3) is 0 Å². The van der Waals surface area contributed by atoms with Crippen LogP contribution < -0.4 is 0 Å². The van der Waals surface area contributed by atoms with Crippen molar-refractivity contribution in [3.05, 3.63) is 30.1 Å². The molecule has 0 bridgehead atoms. The molecule has 3 rings (SSSR count). The third-order valence-electron chi connectivity index (χ3n) is 5.43. The first-order chi connectivity index (χ1) is 11.8. The highest BCUT2D eigenvalue weighted by Crippen LogP contribution is 2.40. The third kappa shape index (κ3) is 3.87. The van der Waals surface area contributed by atoms with Gasteiger partial charge in [-0.05, 0) is 44.7 Å². The number of aromatic nitrogens is 1. The Morgan fingerprint density at radius 2 is 2.08 bits per heavy atom. The van der Waals surface area contributed by atoms with Gasteiger partial charge in [0.2, 0.25) is 15.9 Å². The number of hydrogen-bond donors (Lipinski definition) is 0. The number of hydrogen-bond acceptors (Lipinski definition) is 4. The van der Waals surface area contributed by atoms with Gasteiger partial charge in [0.25, 0.3) is 0 Å². The predicted molar refractivity (Wildman–Crippen MR) is 96.2 cm³/mol. The van der Waals surface area contributed by atoms with Crippen LogP contribution in [0.1, 0.15) is 45.1 Å². The van der Waals surface area contributed by atoms with E-state index < -0.39 is 15.3 Å². The van der Waals surface area contributed by atoms with Crippen LogP contribution in [-0.2, 0) is 21.4 Å². The maximum atomic E-state index is 12.6. The number of sulfonamides is 1. The number of amides is 1. The van der Waals surface area contributed by atoms with Crippen LogP contribution in [0, 0.1) is 5.41 Å². The molecule has 2 fully saturated rings. The van der Waals surface area contributed by atoms with Crippen LogP contribution >= 0.6 is 0 Å². The first kappa shape index (κ1) is 18.3. The predicted octanol–water partition coefficient (Wildman–Crippen LogP) is 2.02. The van der Waals surface area contributed by atoms with E-state index in [1.807, 2.05) is 17.0 Å². The fourth-order valence-corrected chi connectivity index (χ4v) is 5.40. The van der Waals surface area contributed by atoms with Crippen LogP contribution in [0.3, 0.4) is 0 Å². The highest BCUT2D eigenvalue weighted by molar-refractivity contribution is 7.89. The van der Waals surface area contributed by atoms with E-state index in [4.69, 9.17) is 0 Å². The lowest BCUT2D eigenvalue weighted by Gasteiger charge is -2.48. The van der Waals surface area contributed by atoms with Gasteiger partial charge in [-0.1, -0.05) is 6.07 Å². The van der Waals surface area contributed by atoms with Crippen molar-refractivity contribution in [3.8, 4) is 0 Å². The molecule has 25 heavy (non-hydrogen) atoms. The van der Waals surface area contributed by atoms with Crippen molar-refractivity contribution in [1.29, 1.82) is 0 Å². The zero-order valence-electron chi connectivity index (χ0n) is 15.0. The van der Waals surface area contributed by atoms with Gasteiger partial charge in [0, 0.05) is 50.4 Å². The molecule has 1 unspecified atom stereocenters. The quantitative estimate of drug-likeness (QED) is 0.818. The van der Waals surface area contributed by atoms with Crippen LogP contribution in [-0.4, -0.2) is 53.4 Å². The molecule has 0 N–H and O–H groups in total. The molecule has 138 valence electrons. The van der Waals surface area contributed by atoms with Crippen LogP contribution in [0.4, 0.5) is 0 Å². The Balaban J connectivity index is 1.76. The molecule has 1 atom stereocenters. The zero-order valence-corrected chi connectivity index (χ0v) is 15.8. The van der Waals surface area contributed by atoms with Gasteiger partial charge in [-0.3, -0.25) is 9.78 Å². The minimum Gasteiger partial charge on any atom is -0.338 e. The summed E-state index contributed by atoms with van der Waals surface area (Å²) in [5.41, 5.74) is 0.895. The van der Waals surface area contributed by atoms with E-state index in [-0.39, 0.29) is 11.3 Å². The molecule has 0 saturated carbocycles. The largest absolute Gasteiger partial charge is 0.338 e. The molecule has 1 aromatic heterocycles. The Kier molecular flexibility index (Phi) is 5.16. The average molecular weight is 365 g/mol. The minimum absolute atomic E-state index is 0.115. The number of pyridine rings is 1. The van der Waals surface area contributed by atoms with Crippen molar-refractivity contribution in [3.63, 3.8) is 0 Å². The summed E-state index contributed by atoms with van der Waals surface area (Å²) in [6, 6.07) is 3.84. The van der Waals surface area contributed by atoms with Crippen molar-refractivity contribution in [2.24, 2.45) is 5.41 Å². The average Bonchev–Trinajstić information content (AvgIpc) is 2.59. The molecule has 6 nitrogen and oxygen atoms in total. The summed E-state index contributed by atoms with van der Waals surface area (Å²) >= 11 is 0. The third-order valence-corrected chi connectivity index (χ3v) is 7.65. The first-order valence-electron chi connectivity index (χ1n) is 8.98. The second-order valence-electron chi connectivity index (χ2n) is 7.64. The molecule has 1 amide bonds. The second kappa shape index (κ2) is 7.03. The molecular formula is C18H27N3O3S. The Hall–Kier alpha value is -1.47. The van der Waals surface area contributed by atoms with Gasteiger partial charge in [-0.2, -0.15) is 0 Å². The lowest BCUT2D eigenvalue weighted by Crippen LogP contribution is -2.55. The number of nitrogens with zero attached hydrogens (tertiary/aromatic N) is 3. The van der Waals surface area contributed by atoms with E-state index in [0.717, 1.165) is 24.8 Å². The maximum absolute atomic E-state index is 12.6. The summed E-state index contributed by atoms with van der Waals surface area (Å²) in [6.45, 7) is 5.77. The summed E-state index contributed by atoms with van der Waals surface area (Å²) in [6.07, 6.45) is 6.62. The highest BCUT2D eigenvalue weighted by atomic mass is 32.2. The van der Waals surface area contributed by atoms with E-state index in [1.54, 1.807) is 30.5 Å². The Labute approximate surface area is 150 Å². The summed E-state index contributed by atoms with van der Waals surface area (Å²) in [7, 11) is -3.25. The van der Waals surface area contributed by atoms with E-state index >= 15 is 0 Å². The smallest absolute Gasteiger partial charge is 0.222 e. The van der Waals surface area contributed by atoms with E-state index in [9.17, 15) is 13.2 Å². The Morgan fingerprint density at radius 1 is 1.28 bits per heavy atom. The molecule has 2 aliphatic heterocycles. The number of carbonyl (C=O) groups excluding carboxylic acids is 1. The van der Waals surface area contributed by atoms with Crippen molar-refractivity contribution >= 4 is 15.9 Å². The van der Waals surface area contributed by atoms with E-state index in [1.165, 1.54) is 0 Å². The first-order valence-corrected chi connectivity index (χ1v) is 10.5. The van der Waals surface area contributed by atoms with Gasteiger partial charge in [-0.25, -0.2) is 12.7 Å². The molecule has 2 saturated heterocycles. The molecule has 0 aromatic carbocycles. The molecule has 3 heterocycles. The number of carbonyl (C=O) groups is 1. The highest BCUT2D eigenvalue weighted by Gasteiger charge is 2.44. The maximum Gasteiger partial charge on any atom is 0.222 e. The fraction of sp³-hybridized carbons (Fsp3) is 0.667. The van der Waals surface area contributed by atoms with Gasteiger partial charge < -0.3 is 4.90 Å². The number of piperidine rings is 2. The second-order valence-corrected chi connectivity index (χ2v) is 10.1. The monoisotopic (exact) mass is 365 g/mol. The Bertz CT molecular complexity index is 720. The van der Waals surface area contributed by atoms with E-state index in [0.29, 0.717) is 32.6 Å². The topological polar surface area (TPSA) is 70.6 Å². The molecule has 2 aliphatic rings. The molecule has 0 radical (unpaired) electrons.